The lowest BCUT2D eigenvalue weighted by molar-refractivity contribution is 0.358. The minimum absolute atomic E-state index is 0.265. The maximum atomic E-state index is 13.2. The Labute approximate surface area is 194 Å². The van der Waals surface area contributed by atoms with Crippen LogP contribution in [0.2, 0.25) is 0 Å². The molecule has 2 aromatic heterocycles. The van der Waals surface area contributed by atoms with Crippen molar-refractivity contribution in [3.63, 3.8) is 0 Å². The monoisotopic (exact) mass is 469 g/mol. The summed E-state index contributed by atoms with van der Waals surface area (Å²) in [6.07, 6.45) is 2.00. The number of aromatic amines is 1. The average molecular weight is 470 g/mol. The third-order valence-electron chi connectivity index (χ3n) is 5.28. The summed E-state index contributed by atoms with van der Waals surface area (Å²) in [5.41, 5.74) is 0.388. The van der Waals surface area contributed by atoms with Crippen LogP contribution in [0.4, 0.5) is 0 Å². The van der Waals surface area contributed by atoms with E-state index in [2.05, 4.69) is 15.3 Å². The van der Waals surface area contributed by atoms with Crippen LogP contribution in [-0.4, -0.2) is 53.0 Å². The molecule has 2 aromatic carbocycles. The molecular weight excluding hydrogens is 446 g/mol. The molecule has 0 amide bonds. The molecule has 2 heterocycles. The molecule has 11 heteroatoms. The number of hydrogen-bond donors (Lipinski definition) is 1. The smallest absolute Gasteiger partial charge is 0.278 e. The zero-order valence-corrected chi connectivity index (χ0v) is 19.4. The molecule has 0 atom stereocenters. The third kappa shape index (κ3) is 4.02. The summed E-state index contributed by atoms with van der Waals surface area (Å²) in [7, 11) is 6.19. The number of benzene rings is 2. The van der Waals surface area contributed by atoms with Crippen molar-refractivity contribution >= 4 is 23.0 Å². The van der Waals surface area contributed by atoms with Gasteiger partial charge in [-0.25, -0.2) is 4.68 Å². The lowest BCUT2D eigenvalue weighted by atomic mass is 10.1. The van der Waals surface area contributed by atoms with Crippen molar-refractivity contribution in [2.24, 2.45) is 0 Å². The van der Waals surface area contributed by atoms with Crippen LogP contribution in [0.3, 0.4) is 0 Å². The Morgan fingerprint density at radius 3 is 2.45 bits per heavy atom. The topological polar surface area (TPSA) is 105 Å². The molecule has 0 aliphatic rings. The molecule has 0 radical (unpaired) electrons. The van der Waals surface area contributed by atoms with Gasteiger partial charge in [0.15, 0.2) is 16.3 Å². The van der Waals surface area contributed by atoms with Gasteiger partial charge in [-0.05, 0) is 36.5 Å². The molecule has 0 aliphatic carbocycles. The molecule has 0 fully saturated rings. The first-order valence-electron chi connectivity index (χ1n) is 10.0. The zero-order chi connectivity index (χ0) is 23.5. The molecule has 0 aliphatic heterocycles. The maximum Gasteiger partial charge on any atom is 0.278 e. The molecule has 0 spiro atoms. The maximum absolute atomic E-state index is 13.2. The largest absolute Gasteiger partial charge is 0.497 e. The molecule has 0 saturated heterocycles. The molecule has 10 nitrogen and oxygen atoms in total. The highest BCUT2D eigenvalue weighted by atomic mass is 32.1. The van der Waals surface area contributed by atoms with E-state index in [0.29, 0.717) is 56.5 Å². The Morgan fingerprint density at radius 1 is 1.00 bits per heavy atom. The Morgan fingerprint density at radius 2 is 1.76 bits per heavy atom. The van der Waals surface area contributed by atoms with Crippen LogP contribution in [0.25, 0.3) is 16.5 Å². The second-order valence-corrected chi connectivity index (χ2v) is 7.39. The van der Waals surface area contributed by atoms with Gasteiger partial charge in [-0.1, -0.05) is 0 Å². The SMILES string of the molecule is COc1ccc(OC)c(-n2c(CCn3ncc4ccc(OC)c(OC)c4c3=O)n[nH]c2=S)c1. The first-order chi connectivity index (χ1) is 16.0. The number of fused-ring (bicyclic) bond motifs is 1. The summed E-state index contributed by atoms with van der Waals surface area (Å²) in [5.74, 6) is 2.71. The molecule has 33 heavy (non-hydrogen) atoms. The van der Waals surface area contributed by atoms with Crippen molar-refractivity contribution in [1.29, 1.82) is 0 Å². The minimum atomic E-state index is -0.289. The summed E-state index contributed by atoms with van der Waals surface area (Å²) >= 11 is 5.46. The molecule has 0 unspecified atom stereocenters. The van der Waals surface area contributed by atoms with Crippen LogP contribution in [-0.2, 0) is 13.0 Å². The highest BCUT2D eigenvalue weighted by Crippen LogP contribution is 2.33. The standard InChI is InChI=1S/C22H23N5O5S/c1-29-14-6-8-16(30-2)15(11-14)27-18(24-25-22(27)33)9-10-26-21(28)19-13(12-23-26)5-7-17(31-3)20(19)32-4/h5-8,11-12H,9-10H2,1-4H3,(H,25,33). The van der Waals surface area contributed by atoms with Gasteiger partial charge in [0.2, 0.25) is 0 Å². The predicted octanol–water partition coefficient (Wildman–Crippen LogP) is 2.92. The van der Waals surface area contributed by atoms with Gasteiger partial charge >= 0.3 is 0 Å². The summed E-state index contributed by atoms with van der Waals surface area (Å²) in [6.45, 7) is 0.265. The molecular formula is C22H23N5O5S. The molecule has 1 N–H and O–H groups in total. The fraction of sp³-hybridized carbons (Fsp3) is 0.273. The summed E-state index contributed by atoms with van der Waals surface area (Å²) in [5, 5.41) is 12.5. The fourth-order valence-corrected chi connectivity index (χ4v) is 3.92. The van der Waals surface area contributed by atoms with Crippen LogP contribution in [0, 0.1) is 4.77 Å². The number of nitrogens with zero attached hydrogens (tertiary/aromatic N) is 4. The van der Waals surface area contributed by atoms with Crippen LogP contribution in [0.15, 0.2) is 41.3 Å². The van der Waals surface area contributed by atoms with E-state index in [0.717, 1.165) is 0 Å². The number of hydrogen-bond acceptors (Lipinski definition) is 8. The van der Waals surface area contributed by atoms with E-state index in [9.17, 15) is 4.79 Å². The van der Waals surface area contributed by atoms with Crippen LogP contribution >= 0.6 is 12.2 Å². The Bertz CT molecular complexity index is 1430. The molecule has 0 saturated carbocycles. The Hall–Kier alpha value is -3.86. The van der Waals surface area contributed by atoms with Gasteiger partial charge in [0.05, 0.1) is 52.3 Å². The Kier molecular flexibility index (Phi) is 6.31. The number of aromatic nitrogens is 5. The lowest BCUT2D eigenvalue weighted by Crippen LogP contribution is -2.24. The van der Waals surface area contributed by atoms with E-state index in [4.69, 9.17) is 31.2 Å². The molecule has 172 valence electrons. The van der Waals surface area contributed by atoms with Crippen molar-refractivity contribution in [1.82, 2.24) is 24.5 Å². The van der Waals surface area contributed by atoms with E-state index in [1.807, 2.05) is 6.07 Å². The number of rotatable bonds is 8. The molecule has 4 rings (SSSR count). The fourth-order valence-electron chi connectivity index (χ4n) is 3.67. The highest BCUT2D eigenvalue weighted by molar-refractivity contribution is 7.71. The van der Waals surface area contributed by atoms with Gasteiger partial charge in [-0.3, -0.25) is 14.5 Å². The van der Waals surface area contributed by atoms with Crippen molar-refractivity contribution in [2.75, 3.05) is 28.4 Å². The normalized spacial score (nSPS) is 10.9. The Balaban J connectivity index is 1.73. The highest BCUT2D eigenvalue weighted by Gasteiger charge is 2.17. The van der Waals surface area contributed by atoms with E-state index >= 15 is 0 Å². The summed E-state index contributed by atoms with van der Waals surface area (Å²) in [6, 6.07) is 8.92. The van der Waals surface area contributed by atoms with E-state index < -0.39 is 0 Å². The number of methoxy groups -OCH3 is 4. The van der Waals surface area contributed by atoms with Gasteiger partial charge in [-0.2, -0.15) is 10.2 Å². The third-order valence-corrected chi connectivity index (χ3v) is 5.55. The van der Waals surface area contributed by atoms with Gasteiger partial charge in [0, 0.05) is 17.9 Å². The first-order valence-corrected chi connectivity index (χ1v) is 10.4. The van der Waals surface area contributed by atoms with E-state index in [-0.39, 0.29) is 12.1 Å². The van der Waals surface area contributed by atoms with Crippen molar-refractivity contribution in [3.05, 3.63) is 57.5 Å². The van der Waals surface area contributed by atoms with Gasteiger partial charge in [0.1, 0.15) is 17.3 Å². The van der Waals surface area contributed by atoms with Crippen LogP contribution in [0.5, 0.6) is 23.0 Å². The van der Waals surface area contributed by atoms with Crippen molar-refractivity contribution in [3.8, 4) is 28.7 Å². The van der Waals surface area contributed by atoms with Gasteiger partial charge in [-0.15, -0.1) is 0 Å². The average Bonchev–Trinajstić information content (AvgIpc) is 3.22. The first kappa shape index (κ1) is 22.3. The number of ether oxygens (including phenoxy) is 4. The number of H-pyrrole nitrogens is 1. The van der Waals surface area contributed by atoms with Crippen LogP contribution < -0.4 is 24.5 Å². The van der Waals surface area contributed by atoms with Crippen molar-refractivity contribution in [2.45, 2.75) is 13.0 Å². The van der Waals surface area contributed by atoms with Crippen LogP contribution in [0.1, 0.15) is 5.82 Å². The second-order valence-electron chi connectivity index (χ2n) is 7.01. The van der Waals surface area contributed by atoms with Gasteiger partial charge in [0.25, 0.3) is 5.56 Å². The zero-order valence-electron chi connectivity index (χ0n) is 18.6. The predicted molar refractivity (Wildman–Crippen MR) is 125 cm³/mol. The van der Waals surface area contributed by atoms with E-state index in [1.54, 1.807) is 49.2 Å². The molecule has 0 bridgehead atoms. The number of aryl methyl sites for hydroxylation is 2. The lowest BCUT2D eigenvalue weighted by Gasteiger charge is -2.14. The number of nitrogens with one attached hydrogen (secondary N) is 1. The van der Waals surface area contributed by atoms with E-state index in [1.165, 1.54) is 18.9 Å². The summed E-state index contributed by atoms with van der Waals surface area (Å²) in [4.78, 5) is 13.2. The van der Waals surface area contributed by atoms with Crippen molar-refractivity contribution < 1.29 is 18.9 Å². The quantitative estimate of drug-likeness (QED) is 0.393. The van der Waals surface area contributed by atoms with Gasteiger partial charge < -0.3 is 18.9 Å². The summed E-state index contributed by atoms with van der Waals surface area (Å²) < 4.78 is 25.1. The second kappa shape index (κ2) is 9.33. The molecule has 4 aromatic rings. The minimum Gasteiger partial charge on any atom is -0.497 e.